The SMILES string of the molecule is NC(=O)C1CCN(c2ccc(Br)c([N+](=O)[O-])n2)CC1. The monoisotopic (exact) mass is 328 g/mol. The van der Waals surface area contributed by atoms with E-state index in [9.17, 15) is 14.9 Å². The van der Waals surface area contributed by atoms with Crippen molar-refractivity contribution in [1.29, 1.82) is 0 Å². The molecule has 102 valence electrons. The van der Waals surface area contributed by atoms with Crippen LogP contribution in [0.1, 0.15) is 12.8 Å². The van der Waals surface area contributed by atoms with E-state index in [0.717, 1.165) is 0 Å². The molecule has 7 nitrogen and oxygen atoms in total. The first-order chi connectivity index (χ1) is 8.99. The van der Waals surface area contributed by atoms with Gasteiger partial charge in [-0.3, -0.25) is 4.79 Å². The van der Waals surface area contributed by atoms with E-state index < -0.39 is 4.92 Å². The maximum atomic E-state index is 11.1. The van der Waals surface area contributed by atoms with E-state index in [1.54, 1.807) is 12.1 Å². The summed E-state index contributed by atoms with van der Waals surface area (Å²) < 4.78 is 0.355. The van der Waals surface area contributed by atoms with Crippen molar-refractivity contribution in [3.63, 3.8) is 0 Å². The Morgan fingerprint density at radius 2 is 2.11 bits per heavy atom. The first kappa shape index (κ1) is 13.7. The minimum Gasteiger partial charge on any atom is -0.369 e. The lowest BCUT2D eigenvalue weighted by Crippen LogP contribution is -2.38. The number of amides is 1. The molecular weight excluding hydrogens is 316 g/mol. The Balaban J connectivity index is 2.14. The third-order valence-electron chi connectivity index (χ3n) is 3.21. The number of halogens is 1. The van der Waals surface area contributed by atoms with Crippen LogP contribution in [0.4, 0.5) is 11.6 Å². The van der Waals surface area contributed by atoms with E-state index in [0.29, 0.717) is 36.2 Å². The molecule has 1 amide bonds. The summed E-state index contributed by atoms with van der Waals surface area (Å²) >= 11 is 3.10. The van der Waals surface area contributed by atoms with Gasteiger partial charge in [0, 0.05) is 25.1 Å². The number of rotatable bonds is 3. The minimum absolute atomic E-state index is 0.110. The Hall–Kier alpha value is -1.70. The fourth-order valence-corrected chi connectivity index (χ4v) is 2.48. The molecule has 0 saturated carbocycles. The van der Waals surface area contributed by atoms with Gasteiger partial charge in [-0.1, -0.05) is 0 Å². The lowest BCUT2D eigenvalue weighted by atomic mass is 9.96. The fourth-order valence-electron chi connectivity index (χ4n) is 2.12. The van der Waals surface area contributed by atoms with Crippen LogP contribution in [-0.2, 0) is 4.79 Å². The van der Waals surface area contributed by atoms with Gasteiger partial charge in [0.1, 0.15) is 4.47 Å². The second-order valence-corrected chi connectivity index (χ2v) is 5.25. The molecule has 1 aliphatic heterocycles. The van der Waals surface area contributed by atoms with Gasteiger partial charge >= 0.3 is 5.82 Å². The van der Waals surface area contributed by atoms with Crippen LogP contribution in [0, 0.1) is 16.0 Å². The Morgan fingerprint density at radius 3 is 2.63 bits per heavy atom. The Labute approximate surface area is 118 Å². The van der Waals surface area contributed by atoms with Crippen molar-refractivity contribution in [2.45, 2.75) is 12.8 Å². The molecule has 1 aliphatic rings. The summed E-state index contributed by atoms with van der Waals surface area (Å²) in [7, 11) is 0. The van der Waals surface area contributed by atoms with Gasteiger partial charge in [0.2, 0.25) is 11.7 Å². The molecule has 1 aromatic heterocycles. The summed E-state index contributed by atoms with van der Waals surface area (Å²) in [4.78, 5) is 27.3. The number of carbonyl (C=O) groups is 1. The number of aromatic nitrogens is 1. The van der Waals surface area contributed by atoms with Gasteiger partial charge in [-0.2, -0.15) is 0 Å². The molecule has 0 unspecified atom stereocenters. The first-order valence-electron chi connectivity index (χ1n) is 5.84. The molecule has 8 heteroatoms. The highest BCUT2D eigenvalue weighted by molar-refractivity contribution is 9.10. The third kappa shape index (κ3) is 3.01. The average Bonchev–Trinajstić information content (AvgIpc) is 2.39. The quantitative estimate of drug-likeness (QED) is 0.668. The number of hydrogen-bond donors (Lipinski definition) is 1. The molecular formula is C11H13BrN4O3. The van der Waals surface area contributed by atoms with E-state index in [1.807, 2.05) is 4.90 Å². The number of hydrogen-bond acceptors (Lipinski definition) is 5. The Bertz CT molecular complexity index is 515. The molecule has 0 radical (unpaired) electrons. The summed E-state index contributed by atoms with van der Waals surface area (Å²) in [6, 6.07) is 3.34. The number of carbonyl (C=O) groups excluding carboxylic acids is 1. The fraction of sp³-hybridized carbons (Fsp3) is 0.455. The van der Waals surface area contributed by atoms with Crippen LogP contribution in [0.5, 0.6) is 0 Å². The van der Waals surface area contributed by atoms with E-state index in [4.69, 9.17) is 5.73 Å². The second kappa shape index (κ2) is 5.52. The van der Waals surface area contributed by atoms with Gasteiger partial charge < -0.3 is 20.7 Å². The van der Waals surface area contributed by atoms with Crippen LogP contribution >= 0.6 is 15.9 Å². The first-order valence-corrected chi connectivity index (χ1v) is 6.63. The summed E-state index contributed by atoms with van der Waals surface area (Å²) in [6.07, 6.45) is 1.31. The smallest absolute Gasteiger partial charge is 0.369 e. The van der Waals surface area contributed by atoms with Crippen molar-refractivity contribution >= 4 is 33.5 Å². The van der Waals surface area contributed by atoms with Crippen LogP contribution in [0.25, 0.3) is 0 Å². The van der Waals surface area contributed by atoms with Crippen molar-refractivity contribution in [3.05, 3.63) is 26.7 Å². The van der Waals surface area contributed by atoms with Gasteiger partial charge in [0.15, 0.2) is 0 Å². The van der Waals surface area contributed by atoms with E-state index >= 15 is 0 Å². The van der Waals surface area contributed by atoms with Gasteiger partial charge in [-0.05, 0) is 44.7 Å². The molecule has 0 aliphatic carbocycles. The zero-order chi connectivity index (χ0) is 14.0. The zero-order valence-corrected chi connectivity index (χ0v) is 11.7. The predicted octanol–water partition coefficient (Wildman–Crippen LogP) is 1.45. The average molecular weight is 329 g/mol. The maximum absolute atomic E-state index is 11.1. The summed E-state index contributed by atoms with van der Waals surface area (Å²) in [5.74, 6) is -0.0385. The van der Waals surface area contributed by atoms with Crippen LogP contribution in [-0.4, -0.2) is 28.9 Å². The second-order valence-electron chi connectivity index (χ2n) is 4.40. The lowest BCUT2D eigenvalue weighted by Gasteiger charge is -2.29. The largest absolute Gasteiger partial charge is 0.380 e. The maximum Gasteiger partial charge on any atom is 0.380 e. The molecule has 2 rings (SSSR count). The molecule has 1 aromatic rings. The number of nitrogens with zero attached hydrogens (tertiary/aromatic N) is 3. The lowest BCUT2D eigenvalue weighted by molar-refractivity contribution is -0.390. The van der Waals surface area contributed by atoms with Gasteiger partial charge in [-0.15, -0.1) is 0 Å². The summed E-state index contributed by atoms with van der Waals surface area (Å²) in [5, 5.41) is 10.8. The number of nitro groups is 1. The normalized spacial score (nSPS) is 16.4. The Morgan fingerprint density at radius 1 is 1.47 bits per heavy atom. The van der Waals surface area contributed by atoms with E-state index in [2.05, 4.69) is 20.9 Å². The van der Waals surface area contributed by atoms with Gasteiger partial charge in [0.05, 0.1) is 0 Å². The molecule has 2 heterocycles. The number of nitrogens with two attached hydrogens (primary N) is 1. The third-order valence-corrected chi connectivity index (χ3v) is 3.83. The van der Waals surface area contributed by atoms with E-state index in [-0.39, 0.29) is 17.6 Å². The summed E-state index contributed by atoms with van der Waals surface area (Å²) in [5.41, 5.74) is 5.27. The molecule has 0 aromatic carbocycles. The number of piperidine rings is 1. The van der Waals surface area contributed by atoms with Gasteiger partial charge in [-0.25, -0.2) is 0 Å². The standard InChI is InChI=1S/C11H13BrN4O3/c12-8-1-2-9(14-11(8)16(18)19)15-5-3-7(4-6-15)10(13)17/h1-2,7H,3-6H2,(H2,13,17). The molecule has 1 saturated heterocycles. The number of anilines is 1. The highest BCUT2D eigenvalue weighted by Crippen LogP contribution is 2.28. The van der Waals surface area contributed by atoms with E-state index in [1.165, 1.54) is 0 Å². The highest BCUT2D eigenvalue weighted by atomic mass is 79.9. The van der Waals surface area contributed by atoms with Crippen molar-refractivity contribution < 1.29 is 9.72 Å². The van der Waals surface area contributed by atoms with Gasteiger partial charge in [0.25, 0.3) is 0 Å². The molecule has 1 fully saturated rings. The van der Waals surface area contributed by atoms with Crippen molar-refractivity contribution in [2.24, 2.45) is 11.7 Å². The molecule has 0 atom stereocenters. The number of primary amides is 1. The minimum atomic E-state index is -0.524. The van der Waals surface area contributed by atoms with Crippen molar-refractivity contribution in [1.82, 2.24) is 4.98 Å². The topological polar surface area (TPSA) is 102 Å². The van der Waals surface area contributed by atoms with Crippen LogP contribution in [0.2, 0.25) is 0 Å². The molecule has 19 heavy (non-hydrogen) atoms. The molecule has 0 bridgehead atoms. The van der Waals surface area contributed by atoms with Crippen molar-refractivity contribution in [3.8, 4) is 0 Å². The molecule has 0 spiro atoms. The number of pyridine rings is 1. The zero-order valence-electron chi connectivity index (χ0n) is 10.1. The van der Waals surface area contributed by atoms with Crippen LogP contribution in [0.15, 0.2) is 16.6 Å². The Kier molecular flexibility index (Phi) is 3.98. The van der Waals surface area contributed by atoms with Crippen molar-refractivity contribution in [2.75, 3.05) is 18.0 Å². The van der Waals surface area contributed by atoms with Crippen LogP contribution < -0.4 is 10.6 Å². The predicted molar refractivity (Wildman–Crippen MR) is 72.7 cm³/mol. The van der Waals surface area contributed by atoms with Crippen LogP contribution in [0.3, 0.4) is 0 Å². The summed E-state index contributed by atoms with van der Waals surface area (Å²) in [6.45, 7) is 1.25. The highest BCUT2D eigenvalue weighted by Gasteiger charge is 2.26. The molecule has 2 N–H and O–H groups in total.